The maximum absolute atomic E-state index is 12.9. The summed E-state index contributed by atoms with van der Waals surface area (Å²) in [5.74, 6) is 0.232. The number of carbonyl (C=O) groups excluding carboxylic acids is 1. The molecule has 2 aliphatic carbocycles. The van der Waals surface area contributed by atoms with Crippen LogP contribution in [0.5, 0.6) is 0 Å². The molecule has 0 bridgehead atoms. The van der Waals surface area contributed by atoms with Crippen LogP contribution in [0.4, 0.5) is 0 Å². The summed E-state index contributed by atoms with van der Waals surface area (Å²) < 4.78 is 0. The fourth-order valence-electron chi connectivity index (χ4n) is 4.66. The lowest BCUT2D eigenvalue weighted by molar-refractivity contribution is -0.140. The highest BCUT2D eigenvalue weighted by atomic mass is 32.1. The lowest BCUT2D eigenvalue weighted by Gasteiger charge is -2.42. The van der Waals surface area contributed by atoms with Gasteiger partial charge in [-0.2, -0.15) is 0 Å². The molecule has 0 radical (unpaired) electrons. The zero-order valence-electron chi connectivity index (χ0n) is 12.3. The van der Waals surface area contributed by atoms with Crippen LogP contribution in [-0.4, -0.2) is 28.9 Å². The van der Waals surface area contributed by atoms with Gasteiger partial charge in [-0.25, -0.2) is 0 Å². The number of rotatable bonds is 2. The van der Waals surface area contributed by atoms with Crippen molar-refractivity contribution in [2.24, 2.45) is 16.6 Å². The first kappa shape index (κ1) is 14.3. The van der Waals surface area contributed by atoms with Crippen LogP contribution < -0.4 is 5.73 Å². The molecule has 0 unspecified atom stereocenters. The Bertz CT molecular complexity index is 399. The first-order valence-electron chi connectivity index (χ1n) is 8.17. The zero-order chi connectivity index (χ0) is 14.2. The third-order valence-electron chi connectivity index (χ3n) is 6.11. The zero-order valence-corrected chi connectivity index (χ0v) is 13.1. The molecule has 1 amide bonds. The van der Waals surface area contributed by atoms with E-state index in [2.05, 4.69) is 4.90 Å². The van der Waals surface area contributed by atoms with Gasteiger partial charge in [-0.15, -0.1) is 0 Å². The van der Waals surface area contributed by atoms with E-state index >= 15 is 0 Å². The maximum atomic E-state index is 12.9. The van der Waals surface area contributed by atoms with Crippen LogP contribution in [-0.2, 0) is 4.79 Å². The molecular formula is C16H26N2OS. The standard InChI is InChI=1S/C16H26N2OS/c17-13(20)16(7-3-4-8-16)14(19)18-11-9-15(10-12-18)5-1-2-6-15/h1-12H2,(H2,17,20). The van der Waals surface area contributed by atoms with Crippen LogP contribution >= 0.6 is 12.2 Å². The van der Waals surface area contributed by atoms with Gasteiger partial charge in [-0.1, -0.05) is 37.9 Å². The van der Waals surface area contributed by atoms with Gasteiger partial charge in [-0.3, -0.25) is 4.79 Å². The lowest BCUT2D eigenvalue weighted by Crippen LogP contribution is -2.52. The molecule has 3 aliphatic rings. The molecule has 2 N–H and O–H groups in total. The largest absolute Gasteiger partial charge is 0.392 e. The van der Waals surface area contributed by atoms with Crippen molar-refractivity contribution in [3.05, 3.63) is 0 Å². The SMILES string of the molecule is NC(=S)C1(C(=O)N2CCC3(CCCC3)CC2)CCCC1. The second-order valence-electron chi connectivity index (χ2n) is 7.15. The number of piperidine rings is 1. The molecule has 1 heterocycles. The van der Waals surface area contributed by atoms with Crippen molar-refractivity contribution in [2.45, 2.75) is 64.2 Å². The molecule has 112 valence electrons. The second-order valence-corrected chi connectivity index (χ2v) is 7.59. The van der Waals surface area contributed by atoms with Crippen LogP contribution in [0.15, 0.2) is 0 Å². The average molecular weight is 294 g/mol. The van der Waals surface area contributed by atoms with Crippen molar-refractivity contribution >= 4 is 23.1 Å². The Hall–Kier alpha value is -0.640. The Kier molecular flexibility index (Phi) is 3.78. The Morgan fingerprint density at radius 1 is 0.900 bits per heavy atom. The molecule has 20 heavy (non-hydrogen) atoms. The number of amides is 1. The molecule has 3 nitrogen and oxygen atoms in total. The van der Waals surface area contributed by atoms with Crippen molar-refractivity contribution in [1.29, 1.82) is 0 Å². The fraction of sp³-hybridized carbons (Fsp3) is 0.875. The first-order valence-corrected chi connectivity index (χ1v) is 8.58. The van der Waals surface area contributed by atoms with Crippen molar-refractivity contribution in [3.63, 3.8) is 0 Å². The molecule has 0 aromatic carbocycles. The Labute approximate surface area is 127 Å². The Balaban J connectivity index is 1.68. The minimum Gasteiger partial charge on any atom is -0.392 e. The van der Waals surface area contributed by atoms with E-state index in [-0.39, 0.29) is 5.91 Å². The van der Waals surface area contributed by atoms with Crippen LogP contribution in [0.1, 0.15) is 64.2 Å². The molecule has 1 aliphatic heterocycles. The molecule has 4 heteroatoms. The minimum atomic E-state index is -0.504. The van der Waals surface area contributed by atoms with E-state index in [1.54, 1.807) is 0 Å². The van der Waals surface area contributed by atoms with Gasteiger partial charge in [0.25, 0.3) is 0 Å². The summed E-state index contributed by atoms with van der Waals surface area (Å²) in [6, 6.07) is 0. The normalized spacial score (nSPS) is 27.9. The van der Waals surface area contributed by atoms with E-state index in [4.69, 9.17) is 18.0 Å². The van der Waals surface area contributed by atoms with Crippen LogP contribution in [0.2, 0.25) is 0 Å². The molecular weight excluding hydrogens is 268 g/mol. The minimum absolute atomic E-state index is 0.232. The van der Waals surface area contributed by atoms with E-state index in [0.29, 0.717) is 10.4 Å². The predicted octanol–water partition coefficient (Wildman–Crippen LogP) is 3.02. The van der Waals surface area contributed by atoms with E-state index < -0.39 is 5.41 Å². The highest BCUT2D eigenvalue weighted by Crippen LogP contribution is 2.47. The molecule has 0 aromatic heterocycles. The summed E-state index contributed by atoms with van der Waals surface area (Å²) in [6.45, 7) is 1.84. The number of hydrogen-bond donors (Lipinski definition) is 1. The average Bonchev–Trinajstić information content (AvgIpc) is 3.09. The summed E-state index contributed by atoms with van der Waals surface area (Å²) in [4.78, 5) is 15.4. The van der Waals surface area contributed by atoms with E-state index in [1.165, 1.54) is 38.5 Å². The summed E-state index contributed by atoms with van der Waals surface area (Å²) in [5, 5.41) is 0. The van der Waals surface area contributed by atoms with Crippen LogP contribution in [0.3, 0.4) is 0 Å². The van der Waals surface area contributed by atoms with E-state index in [1.807, 2.05) is 0 Å². The summed E-state index contributed by atoms with van der Waals surface area (Å²) in [6.07, 6.45) is 11.8. The summed E-state index contributed by atoms with van der Waals surface area (Å²) >= 11 is 5.24. The van der Waals surface area contributed by atoms with Crippen molar-refractivity contribution in [1.82, 2.24) is 4.90 Å². The van der Waals surface area contributed by atoms with Crippen LogP contribution in [0.25, 0.3) is 0 Å². The molecule has 1 spiro atoms. The number of carbonyl (C=O) groups is 1. The van der Waals surface area contributed by atoms with Gasteiger partial charge in [0.1, 0.15) is 0 Å². The third-order valence-corrected chi connectivity index (χ3v) is 6.50. The van der Waals surface area contributed by atoms with Crippen LogP contribution in [0, 0.1) is 10.8 Å². The predicted molar refractivity (Wildman–Crippen MR) is 84.4 cm³/mol. The van der Waals surface area contributed by atoms with E-state index in [0.717, 1.165) is 38.8 Å². The highest BCUT2D eigenvalue weighted by Gasteiger charge is 2.48. The monoisotopic (exact) mass is 294 g/mol. The Morgan fingerprint density at radius 3 is 1.90 bits per heavy atom. The molecule has 3 rings (SSSR count). The molecule has 3 fully saturated rings. The van der Waals surface area contributed by atoms with Gasteiger partial charge in [0.05, 0.1) is 10.4 Å². The lowest BCUT2D eigenvalue weighted by atomic mass is 9.76. The van der Waals surface area contributed by atoms with Gasteiger partial charge in [0, 0.05) is 13.1 Å². The van der Waals surface area contributed by atoms with Gasteiger partial charge >= 0.3 is 0 Å². The van der Waals surface area contributed by atoms with Gasteiger partial charge in [0.15, 0.2) is 0 Å². The quantitative estimate of drug-likeness (QED) is 0.796. The van der Waals surface area contributed by atoms with Crippen molar-refractivity contribution in [2.75, 3.05) is 13.1 Å². The second kappa shape index (κ2) is 5.28. The van der Waals surface area contributed by atoms with Crippen molar-refractivity contribution < 1.29 is 4.79 Å². The third kappa shape index (κ3) is 2.26. The summed E-state index contributed by atoms with van der Waals surface area (Å²) in [5.41, 5.74) is 5.99. The number of nitrogens with two attached hydrogens (primary N) is 1. The smallest absolute Gasteiger partial charge is 0.235 e. The van der Waals surface area contributed by atoms with Crippen molar-refractivity contribution in [3.8, 4) is 0 Å². The van der Waals surface area contributed by atoms with Gasteiger partial charge in [-0.05, 0) is 43.9 Å². The number of thiocarbonyl (C=S) groups is 1. The van der Waals surface area contributed by atoms with E-state index in [9.17, 15) is 4.79 Å². The topological polar surface area (TPSA) is 46.3 Å². The number of nitrogens with zero attached hydrogens (tertiary/aromatic N) is 1. The molecule has 2 saturated carbocycles. The maximum Gasteiger partial charge on any atom is 0.235 e. The highest BCUT2D eigenvalue weighted by molar-refractivity contribution is 7.80. The number of hydrogen-bond acceptors (Lipinski definition) is 2. The molecule has 0 aromatic rings. The summed E-state index contributed by atoms with van der Waals surface area (Å²) in [7, 11) is 0. The molecule has 0 atom stereocenters. The molecule has 1 saturated heterocycles. The Morgan fingerprint density at radius 2 is 1.40 bits per heavy atom. The van der Waals surface area contributed by atoms with Gasteiger partial charge in [0.2, 0.25) is 5.91 Å². The van der Waals surface area contributed by atoms with Gasteiger partial charge < -0.3 is 10.6 Å². The number of likely N-dealkylation sites (tertiary alicyclic amines) is 1. The fourth-order valence-corrected chi connectivity index (χ4v) is 4.95. The first-order chi connectivity index (χ1) is 9.58.